The molecule has 0 bridgehead atoms. The number of nitrogens with one attached hydrogen (secondary N) is 2. The van der Waals surface area contributed by atoms with Gasteiger partial charge in [-0.25, -0.2) is 13.4 Å². The SMILES string of the molecule is CC(C)CC(=O)N(NC(=O)CNCc1ccccc1)[C@@H](Cc1ccccc1)[C@H](O)CN(CC(C)C)S(=O)(=O)c1ccccc1. The average Bonchev–Trinajstić information content (AvgIpc) is 2.99. The van der Waals surface area contributed by atoms with Crippen LogP contribution >= 0.6 is 0 Å². The molecule has 9 nitrogen and oxygen atoms in total. The topological polar surface area (TPSA) is 119 Å². The highest BCUT2D eigenvalue weighted by Crippen LogP contribution is 2.21. The summed E-state index contributed by atoms with van der Waals surface area (Å²) in [6.07, 6.45) is -0.987. The molecular formula is C34H46N4O5S. The number of rotatable bonds is 16. The van der Waals surface area contributed by atoms with Gasteiger partial charge in [0.2, 0.25) is 15.9 Å². The summed E-state index contributed by atoms with van der Waals surface area (Å²) < 4.78 is 28.7. The van der Waals surface area contributed by atoms with E-state index >= 15 is 0 Å². The van der Waals surface area contributed by atoms with E-state index < -0.39 is 28.1 Å². The highest BCUT2D eigenvalue weighted by molar-refractivity contribution is 7.89. The van der Waals surface area contributed by atoms with Crippen LogP contribution in [0.5, 0.6) is 0 Å². The van der Waals surface area contributed by atoms with Crippen LogP contribution in [0.15, 0.2) is 95.9 Å². The maximum absolute atomic E-state index is 13.7. The minimum Gasteiger partial charge on any atom is -0.390 e. The Labute approximate surface area is 262 Å². The fourth-order valence-corrected chi connectivity index (χ4v) is 6.52. The third-order valence-corrected chi connectivity index (χ3v) is 8.80. The minimum absolute atomic E-state index is 0.0106. The number of aliphatic hydroxyl groups is 1. The lowest BCUT2D eigenvalue weighted by atomic mass is 9.99. The molecule has 44 heavy (non-hydrogen) atoms. The van der Waals surface area contributed by atoms with Crippen molar-refractivity contribution >= 4 is 21.8 Å². The van der Waals surface area contributed by atoms with E-state index in [9.17, 15) is 23.1 Å². The lowest BCUT2D eigenvalue weighted by Gasteiger charge is -2.37. The molecule has 0 saturated carbocycles. The van der Waals surface area contributed by atoms with E-state index in [4.69, 9.17) is 0 Å². The number of hydrogen-bond donors (Lipinski definition) is 3. The molecule has 0 aliphatic carbocycles. The van der Waals surface area contributed by atoms with Crippen molar-refractivity contribution in [3.8, 4) is 0 Å². The zero-order valence-electron chi connectivity index (χ0n) is 26.1. The molecule has 3 N–H and O–H groups in total. The summed E-state index contributed by atoms with van der Waals surface area (Å²) in [5.41, 5.74) is 4.59. The molecule has 2 atom stereocenters. The molecule has 0 aliphatic heterocycles. The lowest BCUT2D eigenvalue weighted by molar-refractivity contribution is -0.148. The first kappa shape index (κ1) is 34.9. The van der Waals surface area contributed by atoms with Crippen molar-refractivity contribution in [2.24, 2.45) is 11.8 Å². The molecule has 0 saturated heterocycles. The van der Waals surface area contributed by atoms with Gasteiger partial charge in [0, 0.05) is 26.1 Å². The van der Waals surface area contributed by atoms with Crippen molar-refractivity contribution in [3.05, 3.63) is 102 Å². The molecule has 2 amide bonds. The monoisotopic (exact) mass is 622 g/mol. The Morgan fingerprint density at radius 1 is 0.773 bits per heavy atom. The van der Waals surface area contributed by atoms with E-state index in [-0.39, 0.29) is 55.1 Å². The van der Waals surface area contributed by atoms with Gasteiger partial charge in [-0.15, -0.1) is 0 Å². The summed E-state index contributed by atoms with van der Waals surface area (Å²) in [6.45, 7) is 7.92. The van der Waals surface area contributed by atoms with Crippen LogP contribution < -0.4 is 10.7 Å². The normalized spacial score (nSPS) is 13.2. The molecule has 0 heterocycles. The largest absolute Gasteiger partial charge is 0.390 e. The summed E-state index contributed by atoms with van der Waals surface area (Å²) in [4.78, 5) is 26.9. The fourth-order valence-electron chi connectivity index (χ4n) is 4.87. The number of carbonyl (C=O) groups excluding carboxylic acids is 2. The molecule has 0 aromatic heterocycles. The fraction of sp³-hybridized carbons (Fsp3) is 0.412. The van der Waals surface area contributed by atoms with E-state index in [0.717, 1.165) is 11.1 Å². The van der Waals surface area contributed by atoms with Gasteiger partial charge in [-0.05, 0) is 41.5 Å². The number of amides is 2. The van der Waals surface area contributed by atoms with Crippen LogP contribution in [0.1, 0.15) is 45.2 Å². The third kappa shape index (κ3) is 10.9. The first-order valence-electron chi connectivity index (χ1n) is 15.1. The van der Waals surface area contributed by atoms with Crippen molar-refractivity contribution in [3.63, 3.8) is 0 Å². The lowest BCUT2D eigenvalue weighted by Crippen LogP contribution is -2.60. The summed E-state index contributed by atoms with van der Waals surface area (Å²) in [5, 5.41) is 16.1. The summed E-state index contributed by atoms with van der Waals surface area (Å²) in [7, 11) is -3.95. The number of sulfonamides is 1. The van der Waals surface area contributed by atoms with E-state index in [1.54, 1.807) is 18.2 Å². The molecule has 0 spiro atoms. The molecular weight excluding hydrogens is 576 g/mol. The Bertz CT molecular complexity index is 1400. The van der Waals surface area contributed by atoms with Crippen molar-refractivity contribution < 1.29 is 23.1 Å². The van der Waals surface area contributed by atoms with Gasteiger partial charge in [-0.1, -0.05) is 107 Å². The van der Waals surface area contributed by atoms with Crippen molar-refractivity contribution in [1.29, 1.82) is 0 Å². The zero-order chi connectivity index (χ0) is 32.1. The first-order valence-corrected chi connectivity index (χ1v) is 16.5. The highest BCUT2D eigenvalue weighted by Gasteiger charge is 2.36. The summed E-state index contributed by atoms with van der Waals surface area (Å²) in [5.74, 6) is -0.845. The zero-order valence-corrected chi connectivity index (χ0v) is 26.9. The molecule has 3 rings (SSSR count). The second kappa shape index (κ2) is 17.1. The number of nitrogens with zero attached hydrogens (tertiary/aromatic N) is 2. The van der Waals surface area contributed by atoms with Crippen LogP contribution in [0.3, 0.4) is 0 Å². The Balaban J connectivity index is 1.91. The van der Waals surface area contributed by atoms with Crippen LogP contribution in [0.25, 0.3) is 0 Å². The standard InChI is InChI=1S/C34H46N4O5S/c1-26(2)20-34(41)38(36-33(40)23-35-22-29-16-10-6-11-17-29)31(21-28-14-8-5-9-15-28)32(39)25-37(24-27(3)4)44(42,43)30-18-12-7-13-19-30/h5-19,26-27,31-32,35,39H,20-25H2,1-4H3,(H,36,40)/t31-,32+/m0/s1. The number of hydrogen-bond acceptors (Lipinski definition) is 6. The summed E-state index contributed by atoms with van der Waals surface area (Å²) >= 11 is 0. The maximum Gasteiger partial charge on any atom is 0.252 e. The predicted octanol–water partition coefficient (Wildman–Crippen LogP) is 4.00. The Morgan fingerprint density at radius 3 is 1.86 bits per heavy atom. The molecule has 238 valence electrons. The predicted molar refractivity (Wildman–Crippen MR) is 173 cm³/mol. The first-order chi connectivity index (χ1) is 21.0. The second-order valence-electron chi connectivity index (χ2n) is 11.8. The van der Waals surface area contributed by atoms with Gasteiger partial charge in [-0.2, -0.15) is 4.31 Å². The molecule has 0 fully saturated rings. The Kier molecular flexibility index (Phi) is 13.5. The molecule has 0 aliphatic rings. The van der Waals surface area contributed by atoms with Gasteiger partial charge >= 0.3 is 0 Å². The van der Waals surface area contributed by atoms with Crippen LogP contribution in [-0.4, -0.2) is 66.4 Å². The number of hydrazine groups is 1. The van der Waals surface area contributed by atoms with E-state index in [1.165, 1.54) is 21.4 Å². The van der Waals surface area contributed by atoms with E-state index in [1.807, 2.05) is 88.4 Å². The second-order valence-corrected chi connectivity index (χ2v) is 13.8. The van der Waals surface area contributed by atoms with E-state index in [0.29, 0.717) is 6.54 Å². The Hall–Kier alpha value is -3.57. The van der Waals surface area contributed by atoms with Crippen LogP contribution in [0, 0.1) is 11.8 Å². The molecule has 3 aromatic carbocycles. The molecule has 3 aromatic rings. The van der Waals surface area contributed by atoms with Gasteiger partial charge in [0.15, 0.2) is 0 Å². The Morgan fingerprint density at radius 2 is 1.32 bits per heavy atom. The van der Waals surface area contributed by atoms with E-state index in [2.05, 4.69) is 10.7 Å². The minimum atomic E-state index is -3.95. The molecule has 0 radical (unpaired) electrons. The van der Waals surface area contributed by atoms with Crippen molar-refractivity contribution in [2.45, 2.75) is 64.1 Å². The van der Waals surface area contributed by atoms with Gasteiger partial charge in [0.25, 0.3) is 5.91 Å². The van der Waals surface area contributed by atoms with Gasteiger partial charge in [0.05, 0.1) is 23.6 Å². The quantitative estimate of drug-likeness (QED) is 0.208. The van der Waals surface area contributed by atoms with Gasteiger partial charge in [-0.3, -0.25) is 15.0 Å². The number of aliphatic hydroxyl groups excluding tert-OH is 1. The van der Waals surface area contributed by atoms with Crippen LogP contribution in [0.2, 0.25) is 0 Å². The van der Waals surface area contributed by atoms with Gasteiger partial charge in [0.1, 0.15) is 0 Å². The number of benzene rings is 3. The summed E-state index contributed by atoms with van der Waals surface area (Å²) in [6, 6.07) is 26.1. The highest BCUT2D eigenvalue weighted by atomic mass is 32.2. The smallest absolute Gasteiger partial charge is 0.252 e. The third-order valence-electron chi connectivity index (χ3n) is 6.96. The van der Waals surface area contributed by atoms with Crippen LogP contribution in [0.4, 0.5) is 0 Å². The average molecular weight is 623 g/mol. The molecule has 10 heteroatoms. The van der Waals surface area contributed by atoms with Crippen molar-refractivity contribution in [1.82, 2.24) is 20.1 Å². The molecule has 0 unspecified atom stereocenters. The van der Waals surface area contributed by atoms with Gasteiger partial charge < -0.3 is 10.4 Å². The van der Waals surface area contributed by atoms with Crippen molar-refractivity contribution in [2.75, 3.05) is 19.6 Å². The number of carbonyl (C=O) groups is 2. The maximum atomic E-state index is 13.7. The van der Waals surface area contributed by atoms with Crippen LogP contribution in [-0.2, 0) is 32.6 Å².